The quantitative estimate of drug-likeness (QED) is 0.663. The smallest absolute Gasteiger partial charge is 0.123 e. The van der Waals surface area contributed by atoms with Gasteiger partial charge in [0.25, 0.3) is 0 Å². The van der Waals surface area contributed by atoms with Crippen LogP contribution in [0.5, 0.6) is 5.75 Å². The number of hydrogen-bond donors (Lipinski definition) is 2. The number of aryl methyl sites for hydroxylation is 1. The Hall–Kier alpha value is -1.06. The fraction of sp³-hybridized carbons (Fsp3) is 0.600. The van der Waals surface area contributed by atoms with Crippen LogP contribution in [-0.2, 0) is 6.54 Å². The van der Waals surface area contributed by atoms with Crippen molar-refractivity contribution in [2.45, 2.75) is 39.7 Å². The van der Waals surface area contributed by atoms with E-state index in [0.717, 1.165) is 44.7 Å². The Balaban J connectivity index is 2.47. The molecule has 0 amide bonds. The molecule has 0 unspecified atom stereocenters. The van der Waals surface area contributed by atoms with Gasteiger partial charge in [0.1, 0.15) is 5.75 Å². The lowest BCUT2D eigenvalue weighted by molar-refractivity contribution is 0.265. The Morgan fingerprint density at radius 2 is 2.06 bits per heavy atom. The maximum atomic E-state index is 8.71. The van der Waals surface area contributed by atoms with Gasteiger partial charge in [-0.1, -0.05) is 24.6 Å². The van der Waals surface area contributed by atoms with Gasteiger partial charge in [0, 0.05) is 18.7 Å². The molecule has 0 aliphatic rings. The third kappa shape index (κ3) is 5.52. The summed E-state index contributed by atoms with van der Waals surface area (Å²) < 4.78 is 5.81. The van der Waals surface area contributed by atoms with E-state index in [9.17, 15) is 0 Å². The second-order valence-corrected chi connectivity index (χ2v) is 4.52. The predicted molar refractivity (Wildman–Crippen MR) is 75.0 cm³/mol. The van der Waals surface area contributed by atoms with Crippen molar-refractivity contribution in [2.24, 2.45) is 0 Å². The lowest BCUT2D eigenvalue weighted by Crippen LogP contribution is -2.13. The van der Waals surface area contributed by atoms with Crippen molar-refractivity contribution < 1.29 is 9.84 Å². The summed E-state index contributed by atoms with van der Waals surface area (Å²) in [5, 5.41) is 12.0. The van der Waals surface area contributed by atoms with Gasteiger partial charge in [0.15, 0.2) is 0 Å². The van der Waals surface area contributed by atoms with Crippen molar-refractivity contribution in [1.82, 2.24) is 5.32 Å². The third-order valence-corrected chi connectivity index (χ3v) is 2.84. The molecule has 0 saturated carbocycles. The van der Waals surface area contributed by atoms with Crippen LogP contribution in [0.15, 0.2) is 18.2 Å². The Morgan fingerprint density at radius 1 is 1.22 bits per heavy atom. The normalized spacial score (nSPS) is 10.6. The van der Waals surface area contributed by atoms with Gasteiger partial charge in [0.2, 0.25) is 0 Å². The molecular weight excluding hydrogens is 226 g/mol. The highest BCUT2D eigenvalue weighted by Gasteiger charge is 2.03. The standard InChI is InChI=1S/C15H25NO2/c1-3-16-12-14-11-13(2)7-8-15(14)18-10-6-4-5-9-17/h7-8,11,16-17H,3-6,9-10,12H2,1-2H3. The van der Waals surface area contributed by atoms with E-state index in [-0.39, 0.29) is 6.61 Å². The van der Waals surface area contributed by atoms with Crippen LogP contribution in [0.1, 0.15) is 37.3 Å². The van der Waals surface area contributed by atoms with E-state index >= 15 is 0 Å². The van der Waals surface area contributed by atoms with Gasteiger partial charge in [0.05, 0.1) is 6.61 Å². The SMILES string of the molecule is CCNCc1cc(C)ccc1OCCCCCO. The molecule has 0 fully saturated rings. The second-order valence-electron chi connectivity index (χ2n) is 4.52. The zero-order chi connectivity index (χ0) is 13.2. The molecule has 2 N–H and O–H groups in total. The number of aliphatic hydroxyl groups is 1. The highest BCUT2D eigenvalue weighted by molar-refractivity contribution is 5.36. The minimum Gasteiger partial charge on any atom is -0.493 e. The third-order valence-electron chi connectivity index (χ3n) is 2.84. The maximum absolute atomic E-state index is 8.71. The highest BCUT2D eigenvalue weighted by Crippen LogP contribution is 2.20. The fourth-order valence-corrected chi connectivity index (χ4v) is 1.82. The first kappa shape index (κ1) is 15.0. The molecule has 0 radical (unpaired) electrons. The molecule has 0 saturated heterocycles. The van der Waals surface area contributed by atoms with Crippen molar-refractivity contribution in [3.05, 3.63) is 29.3 Å². The van der Waals surface area contributed by atoms with Crippen LogP contribution in [0.25, 0.3) is 0 Å². The van der Waals surface area contributed by atoms with E-state index in [1.54, 1.807) is 0 Å². The number of hydrogen-bond acceptors (Lipinski definition) is 3. The number of benzene rings is 1. The zero-order valence-corrected chi connectivity index (χ0v) is 11.5. The first-order valence-corrected chi connectivity index (χ1v) is 6.81. The Kier molecular flexibility index (Phi) is 7.46. The maximum Gasteiger partial charge on any atom is 0.123 e. The summed E-state index contributed by atoms with van der Waals surface area (Å²) in [6.45, 7) is 7.01. The van der Waals surface area contributed by atoms with E-state index in [1.165, 1.54) is 11.1 Å². The molecule has 0 aliphatic heterocycles. The molecule has 1 rings (SSSR count). The molecule has 0 aliphatic carbocycles. The molecule has 0 aromatic heterocycles. The van der Waals surface area contributed by atoms with E-state index in [1.807, 2.05) is 6.07 Å². The average Bonchev–Trinajstić information content (AvgIpc) is 2.38. The zero-order valence-electron chi connectivity index (χ0n) is 11.5. The van der Waals surface area contributed by atoms with Gasteiger partial charge < -0.3 is 15.2 Å². The Morgan fingerprint density at radius 3 is 2.78 bits per heavy atom. The Labute approximate surface area is 110 Å². The topological polar surface area (TPSA) is 41.5 Å². The summed E-state index contributed by atoms with van der Waals surface area (Å²) >= 11 is 0. The van der Waals surface area contributed by atoms with Crippen LogP contribution >= 0.6 is 0 Å². The van der Waals surface area contributed by atoms with Crippen LogP contribution in [0.2, 0.25) is 0 Å². The summed E-state index contributed by atoms with van der Waals surface area (Å²) in [7, 11) is 0. The summed E-state index contributed by atoms with van der Waals surface area (Å²) in [6, 6.07) is 6.30. The number of unbranched alkanes of at least 4 members (excludes halogenated alkanes) is 2. The first-order valence-electron chi connectivity index (χ1n) is 6.81. The molecule has 1 aromatic carbocycles. The van der Waals surface area contributed by atoms with Gasteiger partial charge in [-0.25, -0.2) is 0 Å². The molecule has 18 heavy (non-hydrogen) atoms. The number of ether oxygens (including phenoxy) is 1. The Bertz CT molecular complexity index is 339. The number of aliphatic hydroxyl groups excluding tert-OH is 1. The van der Waals surface area contributed by atoms with Gasteiger partial charge >= 0.3 is 0 Å². The van der Waals surface area contributed by atoms with Crippen molar-refractivity contribution in [3.63, 3.8) is 0 Å². The van der Waals surface area contributed by atoms with Crippen molar-refractivity contribution in [3.8, 4) is 5.75 Å². The van der Waals surface area contributed by atoms with Crippen LogP contribution in [0.3, 0.4) is 0 Å². The number of nitrogens with one attached hydrogen (secondary N) is 1. The molecule has 0 heterocycles. The lowest BCUT2D eigenvalue weighted by atomic mass is 10.1. The van der Waals surface area contributed by atoms with Crippen LogP contribution < -0.4 is 10.1 Å². The van der Waals surface area contributed by atoms with Crippen LogP contribution in [0, 0.1) is 6.92 Å². The lowest BCUT2D eigenvalue weighted by Gasteiger charge is -2.12. The average molecular weight is 251 g/mol. The highest BCUT2D eigenvalue weighted by atomic mass is 16.5. The summed E-state index contributed by atoms with van der Waals surface area (Å²) in [5.41, 5.74) is 2.48. The molecule has 3 nitrogen and oxygen atoms in total. The van der Waals surface area contributed by atoms with Crippen molar-refractivity contribution >= 4 is 0 Å². The largest absolute Gasteiger partial charge is 0.493 e. The summed E-state index contributed by atoms with van der Waals surface area (Å²) in [6.07, 6.45) is 2.88. The predicted octanol–water partition coefficient (Wildman–Crippen LogP) is 2.65. The van der Waals surface area contributed by atoms with E-state index in [2.05, 4.69) is 31.3 Å². The number of rotatable bonds is 9. The summed E-state index contributed by atoms with van der Waals surface area (Å²) in [4.78, 5) is 0. The molecule has 3 heteroatoms. The van der Waals surface area contributed by atoms with Gasteiger partial charge in [-0.3, -0.25) is 0 Å². The van der Waals surface area contributed by atoms with E-state index in [0.29, 0.717) is 0 Å². The van der Waals surface area contributed by atoms with Gasteiger partial charge in [-0.05, 0) is 38.8 Å². The molecule has 0 bridgehead atoms. The minimum atomic E-state index is 0.274. The van der Waals surface area contributed by atoms with E-state index < -0.39 is 0 Å². The monoisotopic (exact) mass is 251 g/mol. The molecular formula is C15H25NO2. The van der Waals surface area contributed by atoms with Gasteiger partial charge in [-0.2, -0.15) is 0 Å². The second kappa shape index (κ2) is 8.95. The molecule has 0 atom stereocenters. The molecule has 102 valence electrons. The van der Waals surface area contributed by atoms with Crippen LogP contribution in [-0.4, -0.2) is 24.9 Å². The summed E-state index contributed by atoms with van der Waals surface area (Å²) in [5.74, 6) is 0.977. The molecule has 1 aromatic rings. The first-order chi connectivity index (χ1) is 8.77. The van der Waals surface area contributed by atoms with Crippen LogP contribution in [0.4, 0.5) is 0 Å². The fourth-order valence-electron chi connectivity index (χ4n) is 1.82. The van der Waals surface area contributed by atoms with Crippen molar-refractivity contribution in [2.75, 3.05) is 19.8 Å². The molecule has 0 spiro atoms. The minimum absolute atomic E-state index is 0.274. The van der Waals surface area contributed by atoms with Crippen molar-refractivity contribution in [1.29, 1.82) is 0 Å². The van der Waals surface area contributed by atoms with E-state index in [4.69, 9.17) is 9.84 Å². The van der Waals surface area contributed by atoms with Gasteiger partial charge in [-0.15, -0.1) is 0 Å².